The normalized spacial score (nSPS) is 17.0. The minimum absolute atomic E-state index is 0.0767. The van der Waals surface area contributed by atoms with Crippen LogP contribution in [-0.4, -0.2) is 34.0 Å². The number of hydrogen-bond acceptors (Lipinski definition) is 3. The lowest BCUT2D eigenvalue weighted by Crippen LogP contribution is -2.28. The highest BCUT2D eigenvalue weighted by Crippen LogP contribution is 2.24. The Morgan fingerprint density at radius 2 is 1.92 bits per heavy atom. The van der Waals surface area contributed by atoms with E-state index in [1.54, 1.807) is 6.20 Å². The molecule has 4 heteroatoms. The molecule has 1 atom stereocenters. The molecule has 2 heterocycles. The summed E-state index contributed by atoms with van der Waals surface area (Å²) < 4.78 is 0. The molecule has 26 heavy (non-hydrogen) atoms. The van der Waals surface area contributed by atoms with Gasteiger partial charge in [0.1, 0.15) is 0 Å². The predicted octanol–water partition coefficient (Wildman–Crippen LogP) is 3.43. The third-order valence-electron chi connectivity index (χ3n) is 5.15. The van der Waals surface area contributed by atoms with Gasteiger partial charge in [0, 0.05) is 30.2 Å². The van der Waals surface area contributed by atoms with Crippen LogP contribution >= 0.6 is 0 Å². The van der Waals surface area contributed by atoms with E-state index in [1.807, 2.05) is 47.4 Å². The van der Waals surface area contributed by atoms with Gasteiger partial charge in [-0.2, -0.15) is 0 Å². The topological polar surface area (TPSA) is 53.4 Å². The molecule has 132 valence electrons. The third kappa shape index (κ3) is 3.46. The summed E-state index contributed by atoms with van der Waals surface area (Å²) in [6.07, 6.45) is 3.77. The van der Waals surface area contributed by atoms with Crippen molar-refractivity contribution in [2.75, 3.05) is 13.1 Å². The van der Waals surface area contributed by atoms with Crippen molar-refractivity contribution in [1.29, 1.82) is 0 Å². The van der Waals surface area contributed by atoms with Gasteiger partial charge in [0.25, 0.3) is 5.91 Å². The Morgan fingerprint density at radius 1 is 1.12 bits per heavy atom. The predicted molar refractivity (Wildman–Crippen MR) is 102 cm³/mol. The summed E-state index contributed by atoms with van der Waals surface area (Å²) in [5.74, 6) is 0.593. The summed E-state index contributed by atoms with van der Waals surface area (Å²) in [6.45, 7) is 1.68. The van der Waals surface area contributed by atoms with Crippen molar-refractivity contribution in [2.45, 2.75) is 19.4 Å². The second-order valence-electron chi connectivity index (χ2n) is 7.00. The number of aliphatic hydroxyl groups excluding tert-OH is 1. The first-order valence-corrected chi connectivity index (χ1v) is 9.05. The number of rotatable bonds is 4. The first-order valence-electron chi connectivity index (χ1n) is 9.05. The molecule has 1 aliphatic rings. The van der Waals surface area contributed by atoms with E-state index in [2.05, 4.69) is 17.1 Å². The maximum Gasteiger partial charge on any atom is 0.253 e. The number of carbonyl (C=O) groups excluding carboxylic acids is 1. The molecule has 1 aromatic heterocycles. The SMILES string of the molecule is O=C(c1ccc2ncccc2c1)N1CC[C@H](Cc2ccc(CO)cc2)C1. The van der Waals surface area contributed by atoms with Crippen molar-refractivity contribution in [2.24, 2.45) is 5.92 Å². The average Bonchev–Trinajstić information content (AvgIpc) is 3.16. The van der Waals surface area contributed by atoms with Crippen LogP contribution in [0.25, 0.3) is 10.9 Å². The maximum atomic E-state index is 12.8. The Labute approximate surface area is 153 Å². The second-order valence-corrected chi connectivity index (χ2v) is 7.00. The molecule has 3 aromatic rings. The zero-order valence-electron chi connectivity index (χ0n) is 14.6. The Morgan fingerprint density at radius 3 is 2.73 bits per heavy atom. The molecule has 0 spiro atoms. The molecule has 1 saturated heterocycles. The molecule has 0 bridgehead atoms. The highest BCUT2D eigenvalue weighted by atomic mass is 16.3. The van der Waals surface area contributed by atoms with Gasteiger partial charge in [-0.3, -0.25) is 9.78 Å². The summed E-state index contributed by atoms with van der Waals surface area (Å²) in [5.41, 5.74) is 3.84. The molecular weight excluding hydrogens is 324 g/mol. The van der Waals surface area contributed by atoms with Crippen LogP contribution < -0.4 is 0 Å². The standard InChI is InChI=1S/C22H22N2O2/c25-15-17-5-3-16(4-6-17)12-18-9-11-24(14-18)22(26)20-7-8-21-19(13-20)2-1-10-23-21/h1-8,10,13,18,25H,9,11-12,14-15H2/t18-/m1/s1. The van der Waals surface area contributed by atoms with Crippen LogP contribution in [0.3, 0.4) is 0 Å². The molecule has 1 N–H and O–H groups in total. The number of amides is 1. The number of benzene rings is 2. The van der Waals surface area contributed by atoms with Crippen molar-refractivity contribution in [3.8, 4) is 0 Å². The van der Waals surface area contributed by atoms with E-state index in [0.717, 1.165) is 48.0 Å². The van der Waals surface area contributed by atoms with Gasteiger partial charge in [-0.15, -0.1) is 0 Å². The summed E-state index contributed by atoms with van der Waals surface area (Å²) in [5, 5.41) is 10.1. The number of nitrogens with zero attached hydrogens (tertiary/aromatic N) is 2. The lowest BCUT2D eigenvalue weighted by atomic mass is 9.98. The van der Waals surface area contributed by atoms with Crippen molar-refractivity contribution >= 4 is 16.8 Å². The van der Waals surface area contributed by atoms with Crippen LogP contribution in [0.15, 0.2) is 60.8 Å². The van der Waals surface area contributed by atoms with Crippen LogP contribution in [0.1, 0.15) is 27.9 Å². The lowest BCUT2D eigenvalue weighted by molar-refractivity contribution is 0.0787. The molecule has 2 aromatic carbocycles. The number of hydrogen-bond donors (Lipinski definition) is 1. The molecule has 4 nitrogen and oxygen atoms in total. The Hall–Kier alpha value is -2.72. The number of aliphatic hydroxyl groups is 1. The zero-order chi connectivity index (χ0) is 17.9. The fourth-order valence-electron chi connectivity index (χ4n) is 3.69. The molecule has 0 aliphatic carbocycles. The molecule has 0 saturated carbocycles. The van der Waals surface area contributed by atoms with Crippen LogP contribution in [-0.2, 0) is 13.0 Å². The number of aromatic nitrogens is 1. The van der Waals surface area contributed by atoms with Crippen molar-refractivity contribution in [1.82, 2.24) is 9.88 Å². The fraction of sp³-hybridized carbons (Fsp3) is 0.273. The third-order valence-corrected chi connectivity index (χ3v) is 5.15. The Balaban J connectivity index is 1.42. The van der Waals surface area contributed by atoms with E-state index in [9.17, 15) is 4.79 Å². The van der Waals surface area contributed by atoms with Crippen molar-refractivity contribution < 1.29 is 9.90 Å². The van der Waals surface area contributed by atoms with E-state index in [4.69, 9.17) is 5.11 Å². The van der Waals surface area contributed by atoms with Crippen LogP contribution in [0.2, 0.25) is 0 Å². The van der Waals surface area contributed by atoms with Crippen LogP contribution in [0, 0.1) is 5.92 Å². The minimum atomic E-state index is 0.0767. The van der Waals surface area contributed by atoms with Gasteiger partial charge in [-0.05, 0) is 54.2 Å². The smallest absolute Gasteiger partial charge is 0.253 e. The average molecular weight is 346 g/mol. The van der Waals surface area contributed by atoms with Gasteiger partial charge in [0.05, 0.1) is 12.1 Å². The summed E-state index contributed by atoms with van der Waals surface area (Å²) in [6, 6.07) is 17.7. The highest BCUT2D eigenvalue weighted by Gasteiger charge is 2.27. The largest absolute Gasteiger partial charge is 0.392 e. The van der Waals surface area contributed by atoms with Gasteiger partial charge in [-0.1, -0.05) is 30.3 Å². The van der Waals surface area contributed by atoms with Gasteiger partial charge in [0.15, 0.2) is 0 Å². The van der Waals surface area contributed by atoms with Crippen LogP contribution in [0.5, 0.6) is 0 Å². The molecule has 0 unspecified atom stereocenters. The molecular formula is C22H22N2O2. The van der Waals surface area contributed by atoms with Crippen molar-refractivity contribution in [3.05, 3.63) is 77.5 Å². The molecule has 1 aliphatic heterocycles. The molecule has 1 amide bonds. The van der Waals surface area contributed by atoms with E-state index >= 15 is 0 Å². The summed E-state index contributed by atoms with van der Waals surface area (Å²) in [4.78, 5) is 19.1. The second kappa shape index (κ2) is 7.26. The Kier molecular flexibility index (Phi) is 4.67. The number of pyridine rings is 1. The zero-order valence-corrected chi connectivity index (χ0v) is 14.6. The van der Waals surface area contributed by atoms with Crippen LogP contribution in [0.4, 0.5) is 0 Å². The van der Waals surface area contributed by atoms with Gasteiger partial charge in [-0.25, -0.2) is 0 Å². The van der Waals surface area contributed by atoms with Gasteiger partial charge < -0.3 is 10.0 Å². The molecule has 1 fully saturated rings. The first kappa shape index (κ1) is 16.7. The lowest BCUT2D eigenvalue weighted by Gasteiger charge is -2.17. The molecule has 4 rings (SSSR count). The highest BCUT2D eigenvalue weighted by molar-refractivity contribution is 5.98. The Bertz CT molecular complexity index is 921. The van der Waals surface area contributed by atoms with Gasteiger partial charge >= 0.3 is 0 Å². The van der Waals surface area contributed by atoms with E-state index < -0.39 is 0 Å². The van der Waals surface area contributed by atoms with Crippen molar-refractivity contribution in [3.63, 3.8) is 0 Å². The summed E-state index contributed by atoms with van der Waals surface area (Å²) in [7, 11) is 0. The molecule has 0 radical (unpaired) electrons. The monoisotopic (exact) mass is 346 g/mol. The first-order chi connectivity index (χ1) is 12.7. The maximum absolute atomic E-state index is 12.8. The van der Waals surface area contributed by atoms with E-state index in [1.165, 1.54) is 5.56 Å². The number of fused-ring (bicyclic) bond motifs is 1. The number of carbonyl (C=O) groups is 1. The van der Waals surface area contributed by atoms with E-state index in [0.29, 0.717) is 5.92 Å². The minimum Gasteiger partial charge on any atom is -0.392 e. The van der Waals surface area contributed by atoms with E-state index in [-0.39, 0.29) is 12.5 Å². The number of likely N-dealkylation sites (tertiary alicyclic amines) is 1. The fourth-order valence-corrected chi connectivity index (χ4v) is 3.69. The quantitative estimate of drug-likeness (QED) is 0.787. The van der Waals surface area contributed by atoms with Gasteiger partial charge in [0.2, 0.25) is 0 Å². The summed E-state index contributed by atoms with van der Waals surface area (Å²) >= 11 is 0.